The van der Waals surface area contributed by atoms with E-state index < -0.39 is 0 Å². The number of nitrogen functional groups attached to an aromatic ring is 1. The summed E-state index contributed by atoms with van der Waals surface area (Å²) in [4.78, 5) is 8.13. The molecule has 90 valence electrons. The van der Waals surface area contributed by atoms with Crippen molar-refractivity contribution in [1.82, 2.24) is 19.6 Å². The highest BCUT2D eigenvalue weighted by molar-refractivity contribution is 5.65. The fourth-order valence-electron chi connectivity index (χ4n) is 1.80. The lowest BCUT2D eigenvalue weighted by atomic mass is 10.1. The first-order valence-electron chi connectivity index (χ1n) is 5.38. The van der Waals surface area contributed by atoms with Crippen LogP contribution in [0.5, 0.6) is 5.75 Å². The monoisotopic (exact) mass is 241 g/mol. The van der Waals surface area contributed by atoms with Gasteiger partial charge in [-0.2, -0.15) is 19.6 Å². The first-order valence-corrected chi connectivity index (χ1v) is 5.38. The third kappa shape index (κ3) is 1.64. The first kappa shape index (κ1) is 10.5. The first-order chi connectivity index (χ1) is 8.78. The number of methoxy groups -OCH3 is 1. The second-order valence-electron chi connectivity index (χ2n) is 3.77. The zero-order chi connectivity index (χ0) is 12.5. The number of anilines is 1. The summed E-state index contributed by atoms with van der Waals surface area (Å²) >= 11 is 0. The predicted octanol–water partition coefficient (Wildman–Crippen LogP) is 1.38. The lowest BCUT2D eigenvalue weighted by Gasteiger charge is -2.06. The molecule has 0 aliphatic rings. The van der Waals surface area contributed by atoms with Crippen LogP contribution in [-0.2, 0) is 0 Å². The van der Waals surface area contributed by atoms with Crippen molar-refractivity contribution in [1.29, 1.82) is 0 Å². The van der Waals surface area contributed by atoms with Crippen molar-refractivity contribution in [2.75, 3.05) is 12.8 Å². The average molecular weight is 241 g/mol. The van der Waals surface area contributed by atoms with E-state index in [9.17, 15) is 0 Å². The van der Waals surface area contributed by atoms with Crippen LogP contribution in [0.4, 0.5) is 5.82 Å². The number of hydrogen-bond acceptors (Lipinski definition) is 5. The summed E-state index contributed by atoms with van der Waals surface area (Å²) < 4.78 is 6.78. The van der Waals surface area contributed by atoms with Crippen LogP contribution < -0.4 is 10.5 Å². The topological polar surface area (TPSA) is 78.3 Å². The molecule has 1 aromatic carbocycles. The summed E-state index contributed by atoms with van der Waals surface area (Å²) in [6, 6.07) is 9.41. The summed E-state index contributed by atoms with van der Waals surface area (Å²) in [5.74, 6) is 1.71. The number of ether oxygens (including phenoxy) is 1. The number of rotatable bonds is 2. The van der Waals surface area contributed by atoms with Crippen molar-refractivity contribution in [3.05, 3.63) is 36.7 Å². The number of nitrogens with zero attached hydrogens (tertiary/aromatic N) is 4. The van der Waals surface area contributed by atoms with Gasteiger partial charge in [0, 0.05) is 11.6 Å². The summed E-state index contributed by atoms with van der Waals surface area (Å²) in [6.45, 7) is 0. The van der Waals surface area contributed by atoms with Gasteiger partial charge in [-0.05, 0) is 24.3 Å². The fraction of sp³-hybridized carbons (Fsp3) is 0.0833. The Balaban J connectivity index is 2.20. The Labute approximate surface area is 103 Å². The molecule has 0 spiro atoms. The van der Waals surface area contributed by atoms with Crippen molar-refractivity contribution >= 4 is 11.6 Å². The van der Waals surface area contributed by atoms with E-state index >= 15 is 0 Å². The molecule has 6 nitrogen and oxygen atoms in total. The van der Waals surface area contributed by atoms with Crippen LogP contribution in [0.2, 0.25) is 0 Å². The molecule has 0 radical (unpaired) electrons. The van der Waals surface area contributed by atoms with Crippen LogP contribution in [-0.4, -0.2) is 26.7 Å². The Morgan fingerprint density at radius 1 is 1.22 bits per heavy atom. The van der Waals surface area contributed by atoms with Gasteiger partial charge in [0.05, 0.1) is 12.8 Å². The lowest BCUT2D eigenvalue weighted by Crippen LogP contribution is -2.00. The Kier molecular flexibility index (Phi) is 2.33. The Morgan fingerprint density at radius 2 is 2.00 bits per heavy atom. The van der Waals surface area contributed by atoms with Gasteiger partial charge in [0.2, 0.25) is 0 Å². The fourth-order valence-corrected chi connectivity index (χ4v) is 1.80. The molecule has 0 saturated heterocycles. The van der Waals surface area contributed by atoms with E-state index in [0.29, 0.717) is 11.6 Å². The second-order valence-corrected chi connectivity index (χ2v) is 3.77. The van der Waals surface area contributed by atoms with E-state index in [1.54, 1.807) is 17.7 Å². The van der Waals surface area contributed by atoms with Gasteiger partial charge in [0.1, 0.15) is 17.9 Å². The van der Waals surface area contributed by atoms with Crippen molar-refractivity contribution in [2.45, 2.75) is 0 Å². The van der Waals surface area contributed by atoms with Gasteiger partial charge >= 0.3 is 0 Å². The van der Waals surface area contributed by atoms with Crippen LogP contribution in [0.25, 0.3) is 17.0 Å². The minimum absolute atomic E-state index is 0.418. The molecule has 0 fully saturated rings. The highest BCUT2D eigenvalue weighted by Crippen LogP contribution is 2.23. The van der Waals surface area contributed by atoms with Crippen LogP contribution in [0, 0.1) is 0 Å². The number of nitrogens with two attached hydrogens (primary N) is 1. The quantitative estimate of drug-likeness (QED) is 0.733. The van der Waals surface area contributed by atoms with E-state index in [-0.39, 0.29) is 0 Å². The molecule has 0 bridgehead atoms. The van der Waals surface area contributed by atoms with Crippen LogP contribution in [0.15, 0.2) is 36.7 Å². The third-order valence-electron chi connectivity index (χ3n) is 2.66. The molecular weight excluding hydrogens is 230 g/mol. The molecule has 3 aromatic rings. The summed E-state index contributed by atoms with van der Waals surface area (Å²) in [7, 11) is 1.63. The van der Waals surface area contributed by atoms with Gasteiger partial charge in [-0.15, -0.1) is 0 Å². The van der Waals surface area contributed by atoms with Gasteiger partial charge in [-0.1, -0.05) is 0 Å². The molecule has 0 atom stereocenters. The second kappa shape index (κ2) is 3.99. The molecule has 0 aliphatic heterocycles. The van der Waals surface area contributed by atoms with Crippen molar-refractivity contribution in [3.8, 4) is 17.0 Å². The summed E-state index contributed by atoms with van der Waals surface area (Å²) in [5.41, 5.74) is 7.58. The average Bonchev–Trinajstić information content (AvgIpc) is 2.86. The van der Waals surface area contributed by atoms with Crippen LogP contribution in [0.1, 0.15) is 0 Å². The summed E-state index contributed by atoms with van der Waals surface area (Å²) in [5, 5.41) is 4.13. The van der Waals surface area contributed by atoms with Gasteiger partial charge in [0.25, 0.3) is 5.78 Å². The molecule has 18 heavy (non-hydrogen) atoms. The molecule has 2 N–H and O–H groups in total. The SMILES string of the molecule is COc1ccc(-c2cc(N)nc3ncnn23)cc1. The van der Waals surface area contributed by atoms with E-state index in [1.807, 2.05) is 24.3 Å². The van der Waals surface area contributed by atoms with Crippen LogP contribution >= 0.6 is 0 Å². The van der Waals surface area contributed by atoms with Gasteiger partial charge in [-0.3, -0.25) is 0 Å². The molecule has 0 amide bonds. The van der Waals surface area contributed by atoms with E-state index in [0.717, 1.165) is 17.0 Å². The van der Waals surface area contributed by atoms with Crippen LogP contribution in [0.3, 0.4) is 0 Å². The number of hydrogen-bond donors (Lipinski definition) is 1. The van der Waals surface area contributed by atoms with E-state index in [1.165, 1.54) is 6.33 Å². The minimum atomic E-state index is 0.418. The molecule has 0 unspecified atom stereocenters. The zero-order valence-corrected chi connectivity index (χ0v) is 9.74. The maximum atomic E-state index is 5.76. The van der Waals surface area contributed by atoms with Crippen molar-refractivity contribution < 1.29 is 4.74 Å². The maximum absolute atomic E-state index is 5.76. The molecule has 0 saturated carbocycles. The standard InChI is InChI=1S/C12H11N5O/c1-18-9-4-2-8(3-5-9)10-6-11(13)16-12-14-7-15-17(10)12/h2-7H,1H3,(H2,13,14,15,16). The maximum Gasteiger partial charge on any atom is 0.254 e. The third-order valence-corrected chi connectivity index (χ3v) is 2.66. The number of fused-ring (bicyclic) bond motifs is 1. The Hall–Kier alpha value is -2.63. The summed E-state index contributed by atoms with van der Waals surface area (Å²) in [6.07, 6.45) is 1.45. The van der Waals surface area contributed by atoms with Gasteiger partial charge in [-0.25, -0.2) is 0 Å². The van der Waals surface area contributed by atoms with E-state index in [4.69, 9.17) is 10.5 Å². The predicted molar refractivity (Wildman–Crippen MR) is 67.2 cm³/mol. The smallest absolute Gasteiger partial charge is 0.254 e. The normalized spacial score (nSPS) is 10.7. The minimum Gasteiger partial charge on any atom is -0.497 e. The highest BCUT2D eigenvalue weighted by Gasteiger charge is 2.08. The van der Waals surface area contributed by atoms with Gasteiger partial charge < -0.3 is 10.5 Å². The molecule has 6 heteroatoms. The lowest BCUT2D eigenvalue weighted by molar-refractivity contribution is 0.415. The van der Waals surface area contributed by atoms with Gasteiger partial charge in [0.15, 0.2) is 0 Å². The van der Waals surface area contributed by atoms with Crippen molar-refractivity contribution in [3.63, 3.8) is 0 Å². The molecular formula is C12H11N5O. The molecule has 3 rings (SSSR count). The molecule has 0 aliphatic carbocycles. The van der Waals surface area contributed by atoms with Crippen molar-refractivity contribution in [2.24, 2.45) is 0 Å². The Bertz CT molecular complexity index is 689. The zero-order valence-electron chi connectivity index (χ0n) is 9.74. The van der Waals surface area contributed by atoms with E-state index in [2.05, 4.69) is 15.1 Å². The molecule has 2 aromatic heterocycles. The highest BCUT2D eigenvalue weighted by atomic mass is 16.5. The number of benzene rings is 1. The molecule has 2 heterocycles. The Morgan fingerprint density at radius 3 is 2.72 bits per heavy atom. The number of aromatic nitrogens is 4. The largest absolute Gasteiger partial charge is 0.497 e.